The number of hydrogen-bond donors (Lipinski definition) is 1. The van der Waals surface area contributed by atoms with E-state index < -0.39 is 11.7 Å². The number of fused-ring (bicyclic) bond motifs is 1. The topological polar surface area (TPSA) is 29.5 Å². The van der Waals surface area contributed by atoms with Crippen LogP contribution in [0.25, 0.3) is 0 Å². The second-order valence-electron chi connectivity index (χ2n) is 8.81. The molecule has 5 atom stereocenters. The summed E-state index contributed by atoms with van der Waals surface area (Å²) < 4.78 is 6.86. The predicted octanol–water partition coefficient (Wildman–Crippen LogP) is 4.82. The highest BCUT2D eigenvalue weighted by Gasteiger charge is 2.71. The molecule has 0 amide bonds. The van der Waals surface area contributed by atoms with Gasteiger partial charge in [0.2, 0.25) is 0 Å². The van der Waals surface area contributed by atoms with E-state index in [0.717, 1.165) is 19.3 Å². The van der Waals surface area contributed by atoms with Crippen LogP contribution in [-0.4, -0.2) is 27.7 Å². The number of hydrogen-bond acceptors (Lipinski definition) is 3. The second-order valence-corrected chi connectivity index (χ2v) is 10.0. The van der Waals surface area contributed by atoms with Crippen molar-refractivity contribution in [3.8, 4) is 0 Å². The molecule has 1 aromatic carbocycles. The van der Waals surface area contributed by atoms with Gasteiger partial charge in [-0.15, -0.1) is 11.8 Å². The van der Waals surface area contributed by atoms with Gasteiger partial charge in [-0.25, -0.2) is 0 Å². The Morgan fingerprint density at radius 1 is 1.04 bits per heavy atom. The SMILES string of the molecule is CC1(C)CCC[C@]2(C)[C@@H](O)[C@H](Sc3ccccc3)[C@]3(C)C=C[C@]12O3. The van der Waals surface area contributed by atoms with Gasteiger partial charge in [-0.2, -0.15) is 0 Å². The maximum absolute atomic E-state index is 11.5. The summed E-state index contributed by atoms with van der Waals surface area (Å²) in [6.07, 6.45) is 7.45. The molecule has 2 nitrogen and oxygen atoms in total. The van der Waals surface area contributed by atoms with Crippen LogP contribution in [0.2, 0.25) is 0 Å². The summed E-state index contributed by atoms with van der Waals surface area (Å²) in [4.78, 5) is 1.19. The van der Waals surface area contributed by atoms with Crippen molar-refractivity contribution in [1.82, 2.24) is 0 Å². The molecule has 1 spiro atoms. The minimum atomic E-state index is -0.423. The molecule has 130 valence electrons. The average Bonchev–Trinajstić information content (AvgIpc) is 2.89. The average molecular weight is 345 g/mol. The summed E-state index contributed by atoms with van der Waals surface area (Å²) in [5, 5.41) is 11.5. The first-order chi connectivity index (χ1) is 11.2. The van der Waals surface area contributed by atoms with Crippen molar-refractivity contribution < 1.29 is 9.84 Å². The van der Waals surface area contributed by atoms with E-state index in [1.165, 1.54) is 4.90 Å². The molecule has 1 saturated heterocycles. The Morgan fingerprint density at radius 2 is 1.75 bits per heavy atom. The predicted molar refractivity (Wildman–Crippen MR) is 99.2 cm³/mol. The van der Waals surface area contributed by atoms with E-state index in [0.29, 0.717) is 0 Å². The molecule has 24 heavy (non-hydrogen) atoms. The van der Waals surface area contributed by atoms with E-state index in [-0.39, 0.29) is 21.7 Å². The molecule has 2 fully saturated rings. The normalized spacial score (nSPS) is 45.9. The maximum atomic E-state index is 11.5. The first-order valence-electron chi connectivity index (χ1n) is 9.05. The van der Waals surface area contributed by atoms with Crippen molar-refractivity contribution in [2.24, 2.45) is 10.8 Å². The molecule has 1 aliphatic carbocycles. The number of ether oxygens (including phenoxy) is 1. The second kappa shape index (κ2) is 5.12. The quantitative estimate of drug-likeness (QED) is 0.780. The van der Waals surface area contributed by atoms with Crippen molar-refractivity contribution in [3.63, 3.8) is 0 Å². The third-order valence-corrected chi connectivity index (χ3v) is 8.42. The highest BCUT2D eigenvalue weighted by Crippen LogP contribution is 2.67. The summed E-state index contributed by atoms with van der Waals surface area (Å²) in [6, 6.07) is 10.4. The van der Waals surface area contributed by atoms with E-state index in [1.54, 1.807) is 11.8 Å². The molecule has 4 rings (SSSR count). The van der Waals surface area contributed by atoms with Gasteiger partial charge in [0.25, 0.3) is 0 Å². The number of rotatable bonds is 2. The molecule has 2 aliphatic heterocycles. The molecule has 0 aromatic heterocycles. The van der Waals surface area contributed by atoms with Crippen LogP contribution in [-0.2, 0) is 4.74 Å². The van der Waals surface area contributed by atoms with Crippen molar-refractivity contribution in [2.45, 2.75) is 74.4 Å². The van der Waals surface area contributed by atoms with Crippen LogP contribution in [0.15, 0.2) is 47.4 Å². The zero-order valence-corrected chi connectivity index (χ0v) is 15.9. The van der Waals surface area contributed by atoms with Gasteiger partial charge in [0, 0.05) is 10.3 Å². The molecule has 1 aromatic rings. The Labute approximate surface area is 149 Å². The molecule has 0 unspecified atom stereocenters. The van der Waals surface area contributed by atoms with Gasteiger partial charge >= 0.3 is 0 Å². The molecule has 1 N–H and O–H groups in total. The van der Waals surface area contributed by atoms with Crippen molar-refractivity contribution >= 4 is 11.8 Å². The fourth-order valence-corrected chi connectivity index (χ4v) is 6.80. The molecule has 2 heterocycles. The molecular weight excluding hydrogens is 316 g/mol. The zero-order valence-electron chi connectivity index (χ0n) is 15.1. The van der Waals surface area contributed by atoms with E-state index in [1.807, 2.05) is 6.07 Å². The smallest absolute Gasteiger partial charge is 0.100 e. The van der Waals surface area contributed by atoms with Crippen LogP contribution in [0.1, 0.15) is 47.0 Å². The Balaban J connectivity index is 1.77. The van der Waals surface area contributed by atoms with E-state index >= 15 is 0 Å². The molecule has 2 bridgehead atoms. The lowest BCUT2D eigenvalue weighted by atomic mass is 9.50. The van der Waals surface area contributed by atoms with Crippen molar-refractivity contribution in [3.05, 3.63) is 42.5 Å². The summed E-state index contributed by atoms with van der Waals surface area (Å²) in [6.45, 7) is 8.99. The molecule has 3 heteroatoms. The Bertz CT molecular complexity index is 670. The van der Waals surface area contributed by atoms with Gasteiger partial charge < -0.3 is 9.84 Å². The Hall–Kier alpha value is -0.770. The van der Waals surface area contributed by atoms with Crippen molar-refractivity contribution in [2.75, 3.05) is 0 Å². The fraction of sp³-hybridized carbons (Fsp3) is 0.619. The molecule has 1 saturated carbocycles. The summed E-state index contributed by atoms with van der Waals surface area (Å²) in [7, 11) is 0. The van der Waals surface area contributed by atoms with Crippen LogP contribution in [0, 0.1) is 10.8 Å². The first-order valence-corrected chi connectivity index (χ1v) is 9.93. The minimum Gasteiger partial charge on any atom is -0.391 e. The third kappa shape index (κ3) is 1.98. The number of aliphatic hydroxyl groups is 1. The van der Waals surface area contributed by atoms with Gasteiger partial charge in [0.15, 0.2) is 0 Å². The number of benzene rings is 1. The monoisotopic (exact) mass is 344 g/mol. The van der Waals surface area contributed by atoms with E-state index in [2.05, 4.69) is 64.1 Å². The Morgan fingerprint density at radius 3 is 2.46 bits per heavy atom. The molecule has 0 radical (unpaired) electrons. The van der Waals surface area contributed by atoms with Gasteiger partial charge in [0.1, 0.15) is 5.60 Å². The lowest BCUT2D eigenvalue weighted by molar-refractivity contribution is -0.279. The summed E-state index contributed by atoms with van der Waals surface area (Å²) in [5.74, 6) is 0. The first kappa shape index (κ1) is 16.7. The fourth-order valence-electron chi connectivity index (χ4n) is 5.41. The van der Waals surface area contributed by atoms with Crippen LogP contribution in [0.4, 0.5) is 0 Å². The van der Waals surface area contributed by atoms with Gasteiger partial charge in [-0.3, -0.25) is 0 Å². The van der Waals surface area contributed by atoms with Crippen LogP contribution in [0.3, 0.4) is 0 Å². The number of thioether (sulfide) groups is 1. The maximum Gasteiger partial charge on any atom is 0.100 e. The summed E-state index contributed by atoms with van der Waals surface area (Å²) in [5.41, 5.74) is -0.987. The lowest BCUT2D eigenvalue weighted by Crippen LogP contribution is -2.71. The highest BCUT2D eigenvalue weighted by molar-refractivity contribution is 8.00. The summed E-state index contributed by atoms with van der Waals surface area (Å²) >= 11 is 1.76. The Kier molecular flexibility index (Phi) is 3.56. The van der Waals surface area contributed by atoms with Crippen LogP contribution < -0.4 is 0 Å². The lowest BCUT2D eigenvalue weighted by Gasteiger charge is -2.65. The largest absolute Gasteiger partial charge is 0.391 e. The van der Waals surface area contributed by atoms with E-state index in [4.69, 9.17) is 4.74 Å². The van der Waals surface area contributed by atoms with E-state index in [9.17, 15) is 5.11 Å². The molecular formula is C21H28O2S. The standard InChI is InChI=1S/C21H28O2S/c1-18(2)11-8-12-19(3)16(22)17(24-15-9-6-5-7-10-15)20(4)13-14-21(18,19)23-20/h5-7,9-10,13-14,16-17,22H,8,11-12H2,1-4H3/t16-,17-,19+,20-,21-/m0/s1. The highest BCUT2D eigenvalue weighted by atomic mass is 32.2. The van der Waals surface area contributed by atoms with Gasteiger partial charge in [-0.1, -0.05) is 57.5 Å². The van der Waals surface area contributed by atoms with Crippen molar-refractivity contribution in [1.29, 1.82) is 0 Å². The van der Waals surface area contributed by atoms with Gasteiger partial charge in [0.05, 0.1) is 17.0 Å². The molecule has 3 aliphatic rings. The van der Waals surface area contributed by atoms with Gasteiger partial charge in [-0.05, 0) is 37.3 Å². The third-order valence-electron chi connectivity index (χ3n) is 6.89. The number of aliphatic hydroxyl groups excluding tert-OH is 1. The van der Waals surface area contributed by atoms with Crippen LogP contribution in [0.5, 0.6) is 0 Å². The van der Waals surface area contributed by atoms with Crippen LogP contribution >= 0.6 is 11.8 Å². The minimum absolute atomic E-state index is 0.00525. The zero-order chi connectivity index (χ0) is 17.2.